The van der Waals surface area contributed by atoms with E-state index in [0.29, 0.717) is 4.47 Å². The van der Waals surface area contributed by atoms with E-state index in [1.807, 2.05) is 0 Å². The van der Waals surface area contributed by atoms with E-state index in [0.717, 1.165) is 12.1 Å². The number of hydrogen-bond acceptors (Lipinski definition) is 2. The van der Waals surface area contributed by atoms with Crippen LogP contribution in [-0.2, 0) is 0 Å². The number of ether oxygens (including phenoxy) is 1. The summed E-state index contributed by atoms with van der Waals surface area (Å²) < 4.78 is 31.6. The quantitative estimate of drug-likeness (QED) is 0.923. The van der Waals surface area contributed by atoms with Gasteiger partial charge in [0.2, 0.25) is 0 Å². The molecule has 0 aromatic heterocycles. The molecule has 0 fully saturated rings. The molecule has 0 saturated heterocycles. The Balaban J connectivity index is 2.86. The molecule has 0 atom stereocenters. The second kappa shape index (κ2) is 4.45. The van der Waals surface area contributed by atoms with E-state index in [9.17, 15) is 13.9 Å². The van der Waals surface area contributed by atoms with E-state index >= 15 is 0 Å². The highest BCUT2D eigenvalue weighted by atomic mass is 79.9. The van der Waals surface area contributed by atoms with Gasteiger partial charge in [-0.3, -0.25) is 0 Å². The van der Waals surface area contributed by atoms with Crippen molar-refractivity contribution in [2.75, 3.05) is 6.61 Å². The molecule has 0 aliphatic heterocycles. The fourth-order valence-corrected chi connectivity index (χ4v) is 1.32. The summed E-state index contributed by atoms with van der Waals surface area (Å²) >= 11 is 2.95. The van der Waals surface area contributed by atoms with Crippen molar-refractivity contribution in [1.82, 2.24) is 0 Å². The Morgan fingerprint density at radius 2 is 1.80 bits per heavy atom. The van der Waals surface area contributed by atoms with Crippen molar-refractivity contribution < 1.29 is 18.6 Å². The summed E-state index contributed by atoms with van der Waals surface area (Å²) in [5.41, 5.74) is -1.13. The fraction of sp³-hybridized carbons (Fsp3) is 0.400. The first kappa shape index (κ1) is 12.4. The summed E-state index contributed by atoms with van der Waals surface area (Å²) in [6.45, 7) is 2.80. The molecule has 15 heavy (non-hydrogen) atoms. The molecule has 0 saturated carbocycles. The van der Waals surface area contributed by atoms with Gasteiger partial charge in [-0.15, -0.1) is 0 Å². The highest BCUT2D eigenvalue weighted by molar-refractivity contribution is 9.10. The first-order valence-electron chi connectivity index (χ1n) is 4.29. The van der Waals surface area contributed by atoms with Gasteiger partial charge in [0.15, 0.2) is 17.4 Å². The summed E-state index contributed by atoms with van der Waals surface area (Å²) in [5.74, 6) is -2.07. The first-order valence-corrected chi connectivity index (χ1v) is 5.08. The molecule has 0 aliphatic carbocycles. The first-order chi connectivity index (χ1) is 6.79. The molecule has 0 unspecified atom stereocenters. The van der Waals surface area contributed by atoms with E-state index in [2.05, 4.69) is 15.9 Å². The van der Waals surface area contributed by atoms with Crippen LogP contribution in [0.1, 0.15) is 13.8 Å². The number of rotatable bonds is 3. The third-order valence-electron chi connectivity index (χ3n) is 1.53. The lowest BCUT2D eigenvalue weighted by atomic mass is 10.2. The van der Waals surface area contributed by atoms with Gasteiger partial charge in [0.1, 0.15) is 6.61 Å². The molecule has 2 nitrogen and oxygen atoms in total. The third kappa shape index (κ3) is 3.76. The minimum Gasteiger partial charge on any atom is -0.485 e. The number of benzene rings is 1. The fourth-order valence-electron chi connectivity index (χ4n) is 0.916. The molecular weight excluding hydrogens is 270 g/mol. The van der Waals surface area contributed by atoms with Crippen molar-refractivity contribution >= 4 is 15.9 Å². The smallest absolute Gasteiger partial charge is 0.190 e. The van der Waals surface area contributed by atoms with Gasteiger partial charge in [-0.25, -0.2) is 8.78 Å². The van der Waals surface area contributed by atoms with Crippen molar-refractivity contribution in [2.24, 2.45) is 0 Å². The maximum Gasteiger partial charge on any atom is 0.190 e. The summed E-state index contributed by atoms with van der Waals surface area (Å²) in [6.07, 6.45) is 0. The number of aliphatic hydroxyl groups is 1. The van der Waals surface area contributed by atoms with Crippen molar-refractivity contribution in [1.29, 1.82) is 0 Å². The SMILES string of the molecule is CC(C)(O)COc1c(F)cc(Br)cc1F. The molecule has 0 radical (unpaired) electrons. The largest absolute Gasteiger partial charge is 0.485 e. The predicted molar refractivity (Wildman–Crippen MR) is 55.9 cm³/mol. The van der Waals surface area contributed by atoms with Crippen LogP contribution in [0, 0.1) is 11.6 Å². The van der Waals surface area contributed by atoms with Crippen LogP contribution in [0.3, 0.4) is 0 Å². The molecule has 84 valence electrons. The Morgan fingerprint density at radius 3 is 2.20 bits per heavy atom. The van der Waals surface area contributed by atoms with Crippen LogP contribution in [0.25, 0.3) is 0 Å². The van der Waals surface area contributed by atoms with Crippen LogP contribution in [-0.4, -0.2) is 17.3 Å². The van der Waals surface area contributed by atoms with E-state index < -0.39 is 23.0 Å². The summed E-state index contributed by atoms with van der Waals surface area (Å²) in [6, 6.07) is 2.20. The van der Waals surface area contributed by atoms with Gasteiger partial charge in [0, 0.05) is 4.47 Å². The van der Waals surface area contributed by atoms with Gasteiger partial charge in [0.25, 0.3) is 0 Å². The summed E-state index contributed by atoms with van der Waals surface area (Å²) in [5, 5.41) is 9.34. The van der Waals surface area contributed by atoms with Crippen LogP contribution in [0.15, 0.2) is 16.6 Å². The zero-order valence-corrected chi connectivity index (χ0v) is 9.94. The van der Waals surface area contributed by atoms with E-state index in [4.69, 9.17) is 4.74 Å². The molecule has 0 bridgehead atoms. The standard InChI is InChI=1S/C10H11BrF2O2/c1-10(2,14)5-15-9-7(12)3-6(11)4-8(9)13/h3-4,14H,5H2,1-2H3. The topological polar surface area (TPSA) is 29.5 Å². The second-order valence-corrected chi connectivity index (χ2v) is 4.72. The minimum absolute atomic E-state index is 0.178. The lowest BCUT2D eigenvalue weighted by Gasteiger charge is -2.18. The Labute approximate surface area is 95.0 Å². The lowest BCUT2D eigenvalue weighted by Crippen LogP contribution is -2.28. The summed E-state index contributed by atoms with van der Waals surface area (Å²) in [7, 11) is 0. The monoisotopic (exact) mass is 280 g/mol. The normalized spacial score (nSPS) is 11.6. The van der Waals surface area contributed by atoms with Crippen LogP contribution in [0.5, 0.6) is 5.75 Å². The molecule has 0 heterocycles. The molecule has 1 aromatic carbocycles. The maximum absolute atomic E-state index is 13.2. The average molecular weight is 281 g/mol. The van der Waals surface area contributed by atoms with E-state index in [-0.39, 0.29) is 6.61 Å². The van der Waals surface area contributed by atoms with Gasteiger partial charge in [-0.1, -0.05) is 15.9 Å². The van der Waals surface area contributed by atoms with Crippen LogP contribution in [0.2, 0.25) is 0 Å². The van der Waals surface area contributed by atoms with Crippen molar-refractivity contribution in [3.63, 3.8) is 0 Å². The molecule has 0 spiro atoms. The summed E-state index contributed by atoms with van der Waals surface area (Å²) in [4.78, 5) is 0. The average Bonchev–Trinajstić information content (AvgIpc) is 1.99. The Hall–Kier alpha value is -0.680. The highest BCUT2D eigenvalue weighted by Crippen LogP contribution is 2.26. The molecule has 0 amide bonds. The van der Waals surface area contributed by atoms with Gasteiger partial charge in [-0.05, 0) is 26.0 Å². The molecule has 5 heteroatoms. The molecular formula is C10H11BrF2O2. The van der Waals surface area contributed by atoms with Gasteiger partial charge in [0.05, 0.1) is 5.60 Å². The third-order valence-corrected chi connectivity index (χ3v) is 1.99. The van der Waals surface area contributed by atoms with E-state index in [1.54, 1.807) is 0 Å². The van der Waals surface area contributed by atoms with Crippen LogP contribution < -0.4 is 4.74 Å². The van der Waals surface area contributed by atoms with Crippen LogP contribution >= 0.6 is 15.9 Å². The Morgan fingerprint density at radius 1 is 1.33 bits per heavy atom. The zero-order valence-electron chi connectivity index (χ0n) is 8.35. The van der Waals surface area contributed by atoms with Crippen molar-refractivity contribution in [2.45, 2.75) is 19.4 Å². The Bertz CT molecular complexity index is 338. The minimum atomic E-state index is -1.13. The number of halogens is 3. The second-order valence-electron chi connectivity index (χ2n) is 3.80. The number of hydrogen-bond donors (Lipinski definition) is 1. The maximum atomic E-state index is 13.2. The van der Waals surface area contributed by atoms with Crippen LogP contribution in [0.4, 0.5) is 8.78 Å². The molecule has 1 aromatic rings. The van der Waals surface area contributed by atoms with Gasteiger partial charge in [-0.2, -0.15) is 0 Å². The Kier molecular flexibility index (Phi) is 3.67. The van der Waals surface area contributed by atoms with Crippen molar-refractivity contribution in [3.8, 4) is 5.75 Å². The van der Waals surface area contributed by atoms with E-state index in [1.165, 1.54) is 13.8 Å². The van der Waals surface area contributed by atoms with Gasteiger partial charge >= 0.3 is 0 Å². The molecule has 1 rings (SSSR count). The highest BCUT2D eigenvalue weighted by Gasteiger charge is 2.17. The van der Waals surface area contributed by atoms with Gasteiger partial charge < -0.3 is 9.84 Å². The predicted octanol–water partition coefficient (Wildman–Crippen LogP) is 2.88. The van der Waals surface area contributed by atoms with Crippen molar-refractivity contribution in [3.05, 3.63) is 28.2 Å². The lowest BCUT2D eigenvalue weighted by molar-refractivity contribution is 0.0257. The zero-order chi connectivity index (χ0) is 11.6. The molecule has 1 N–H and O–H groups in total. The molecule has 0 aliphatic rings.